The molecule has 0 heterocycles. The molecule has 0 atom stereocenters. The lowest BCUT2D eigenvalue weighted by atomic mass is 9.98. The first-order valence-corrected chi connectivity index (χ1v) is 9.08. The molecule has 0 aromatic heterocycles. The van der Waals surface area contributed by atoms with Gasteiger partial charge in [0.1, 0.15) is 11.2 Å². The van der Waals surface area contributed by atoms with Crippen LogP contribution in [0.25, 0.3) is 0 Å². The molecule has 164 valence electrons. The Kier molecular flexibility index (Phi) is 11.1. The van der Waals surface area contributed by atoms with Crippen LogP contribution in [0, 0.1) is 0 Å². The fourth-order valence-electron chi connectivity index (χ4n) is 1.98. The molecule has 0 unspecified atom stereocenters. The van der Waals surface area contributed by atoms with Crippen molar-refractivity contribution in [3.63, 3.8) is 0 Å². The molecule has 0 saturated heterocycles. The highest BCUT2D eigenvalue weighted by molar-refractivity contribution is 5.84. The average molecular weight is 418 g/mol. The summed E-state index contributed by atoms with van der Waals surface area (Å²) in [7, 11) is 0. The van der Waals surface area contributed by atoms with Gasteiger partial charge in [0.2, 0.25) is 0 Å². The molecule has 0 aliphatic heterocycles. The summed E-state index contributed by atoms with van der Waals surface area (Å²) in [6, 6.07) is 20.2. The number of rotatable bonds is 6. The molecule has 0 radical (unpaired) electrons. The van der Waals surface area contributed by atoms with Crippen LogP contribution < -0.4 is 0 Å². The van der Waals surface area contributed by atoms with Crippen LogP contribution in [-0.2, 0) is 25.8 Å². The summed E-state index contributed by atoms with van der Waals surface area (Å²) in [6.45, 7) is 12.6. The van der Waals surface area contributed by atoms with Gasteiger partial charge in [-0.05, 0) is 45.7 Å². The van der Waals surface area contributed by atoms with Gasteiger partial charge in [-0.3, -0.25) is 0 Å². The first-order valence-electron chi connectivity index (χ1n) is 9.08. The molecule has 3 N–H and O–H groups in total. The van der Waals surface area contributed by atoms with Crippen molar-refractivity contribution in [3.05, 3.63) is 83.9 Å². The zero-order chi connectivity index (χ0) is 23.4. The van der Waals surface area contributed by atoms with Gasteiger partial charge in [0, 0.05) is 5.57 Å². The predicted octanol–water partition coefficient (Wildman–Crippen LogP) is 5.67. The van der Waals surface area contributed by atoms with E-state index in [1.165, 1.54) is 6.92 Å². The number of aliphatic carboxylic acids is 1. The molecule has 0 amide bonds. The smallest absolute Gasteiger partial charge is 0.478 e. The van der Waals surface area contributed by atoms with Crippen molar-refractivity contribution in [2.24, 2.45) is 0 Å². The van der Waals surface area contributed by atoms with Crippen molar-refractivity contribution in [2.75, 3.05) is 0 Å². The second-order valence-corrected chi connectivity index (χ2v) is 7.29. The molecule has 0 saturated carbocycles. The van der Waals surface area contributed by atoms with Gasteiger partial charge in [-0.15, -0.1) is 0 Å². The standard InChI is InChI=1S/C18H22O2.C4H6O2.CH2O3/c1-17(2,15-11-7-5-8-12-15)19-20-18(3,4)16-13-9-6-10-14-16;1-3(2)4(5)6;2-1(3)4/h5-14H,1-4H3;1H2,2H3,(H,5,6);(H2,2,3,4). The van der Waals surface area contributed by atoms with E-state index in [4.69, 9.17) is 29.9 Å². The van der Waals surface area contributed by atoms with E-state index in [2.05, 4.69) is 6.58 Å². The summed E-state index contributed by atoms with van der Waals surface area (Å²) in [4.78, 5) is 29.6. The number of carbonyl (C=O) groups is 2. The van der Waals surface area contributed by atoms with Crippen LogP contribution in [0.15, 0.2) is 72.8 Å². The van der Waals surface area contributed by atoms with Gasteiger partial charge >= 0.3 is 12.1 Å². The minimum atomic E-state index is -1.83. The highest BCUT2D eigenvalue weighted by Crippen LogP contribution is 2.31. The molecular weight excluding hydrogens is 388 g/mol. The fraction of sp³-hybridized carbons (Fsp3) is 0.304. The SMILES string of the molecule is C=C(C)C(=O)O.CC(C)(OOC(C)(C)c1ccccc1)c1ccccc1.O=C(O)O. The lowest BCUT2D eigenvalue weighted by Crippen LogP contribution is -2.29. The maximum atomic E-state index is 9.60. The third kappa shape index (κ3) is 11.0. The molecular formula is C23H30O7. The minimum Gasteiger partial charge on any atom is -0.478 e. The second kappa shape index (κ2) is 12.4. The largest absolute Gasteiger partial charge is 0.503 e. The van der Waals surface area contributed by atoms with Crippen LogP contribution >= 0.6 is 0 Å². The number of carboxylic acid groups (broad SMARTS) is 3. The van der Waals surface area contributed by atoms with E-state index in [0.29, 0.717) is 0 Å². The molecule has 0 aliphatic rings. The predicted molar refractivity (Wildman–Crippen MR) is 114 cm³/mol. The van der Waals surface area contributed by atoms with Crippen molar-refractivity contribution in [2.45, 2.75) is 45.8 Å². The van der Waals surface area contributed by atoms with Gasteiger partial charge in [-0.2, -0.15) is 0 Å². The topological polar surface area (TPSA) is 113 Å². The molecule has 7 heteroatoms. The number of carboxylic acids is 1. The monoisotopic (exact) mass is 418 g/mol. The van der Waals surface area contributed by atoms with E-state index in [1.807, 2.05) is 88.4 Å². The van der Waals surface area contributed by atoms with E-state index < -0.39 is 23.3 Å². The first kappa shape index (κ1) is 26.8. The Labute approximate surface area is 177 Å². The van der Waals surface area contributed by atoms with Gasteiger partial charge in [-0.25, -0.2) is 19.4 Å². The van der Waals surface area contributed by atoms with Gasteiger partial charge in [0.05, 0.1) is 0 Å². The third-order valence-corrected chi connectivity index (χ3v) is 3.76. The van der Waals surface area contributed by atoms with Crippen LogP contribution in [0.1, 0.15) is 45.7 Å². The molecule has 0 bridgehead atoms. The van der Waals surface area contributed by atoms with Crippen molar-refractivity contribution in [1.29, 1.82) is 0 Å². The lowest BCUT2D eigenvalue weighted by Gasteiger charge is -2.31. The lowest BCUT2D eigenvalue weighted by molar-refractivity contribution is -0.410. The number of hydrogen-bond donors (Lipinski definition) is 3. The quantitative estimate of drug-likeness (QED) is 0.314. The fourth-order valence-corrected chi connectivity index (χ4v) is 1.98. The summed E-state index contributed by atoms with van der Waals surface area (Å²) >= 11 is 0. The Morgan fingerprint density at radius 1 is 0.733 bits per heavy atom. The Bertz CT molecular complexity index is 729. The van der Waals surface area contributed by atoms with E-state index in [0.717, 1.165) is 11.1 Å². The van der Waals surface area contributed by atoms with Crippen LogP contribution in [0.4, 0.5) is 4.79 Å². The molecule has 0 aliphatic carbocycles. The van der Waals surface area contributed by atoms with Gasteiger partial charge in [0.25, 0.3) is 0 Å². The third-order valence-electron chi connectivity index (χ3n) is 3.76. The van der Waals surface area contributed by atoms with Crippen molar-refractivity contribution >= 4 is 12.1 Å². The minimum absolute atomic E-state index is 0.176. The number of hydrogen-bond acceptors (Lipinski definition) is 4. The molecule has 2 rings (SSSR count). The Morgan fingerprint density at radius 2 is 0.967 bits per heavy atom. The zero-order valence-electron chi connectivity index (χ0n) is 18.0. The van der Waals surface area contributed by atoms with Crippen molar-refractivity contribution in [1.82, 2.24) is 0 Å². The van der Waals surface area contributed by atoms with Gasteiger partial charge in [-0.1, -0.05) is 67.2 Å². The molecule has 2 aromatic rings. The van der Waals surface area contributed by atoms with Crippen LogP contribution in [-0.4, -0.2) is 27.4 Å². The first-order chi connectivity index (χ1) is 13.8. The second-order valence-electron chi connectivity index (χ2n) is 7.29. The van der Waals surface area contributed by atoms with E-state index in [9.17, 15) is 4.79 Å². The number of benzene rings is 2. The zero-order valence-corrected chi connectivity index (χ0v) is 18.0. The Hall–Kier alpha value is -3.16. The maximum Gasteiger partial charge on any atom is 0.503 e. The average Bonchev–Trinajstić information content (AvgIpc) is 2.68. The summed E-state index contributed by atoms with van der Waals surface area (Å²) in [6.07, 6.45) is -1.83. The highest BCUT2D eigenvalue weighted by atomic mass is 17.2. The summed E-state index contributed by atoms with van der Waals surface area (Å²) in [5, 5.41) is 21.8. The molecule has 0 spiro atoms. The normalized spacial score (nSPS) is 10.6. The van der Waals surface area contributed by atoms with E-state index in [1.54, 1.807) is 0 Å². The summed E-state index contributed by atoms with van der Waals surface area (Å²) < 4.78 is 0. The van der Waals surface area contributed by atoms with Crippen LogP contribution in [0.3, 0.4) is 0 Å². The van der Waals surface area contributed by atoms with E-state index in [-0.39, 0.29) is 5.57 Å². The molecule has 2 aromatic carbocycles. The maximum absolute atomic E-state index is 9.60. The van der Waals surface area contributed by atoms with Gasteiger partial charge in [0.15, 0.2) is 0 Å². The molecule has 30 heavy (non-hydrogen) atoms. The van der Waals surface area contributed by atoms with E-state index >= 15 is 0 Å². The summed E-state index contributed by atoms with van der Waals surface area (Å²) in [5.74, 6) is -0.935. The van der Waals surface area contributed by atoms with Crippen LogP contribution in [0.2, 0.25) is 0 Å². The van der Waals surface area contributed by atoms with Crippen molar-refractivity contribution < 1.29 is 34.7 Å². The molecule has 7 nitrogen and oxygen atoms in total. The Balaban J connectivity index is 0.000000703. The van der Waals surface area contributed by atoms with Gasteiger partial charge < -0.3 is 15.3 Å². The van der Waals surface area contributed by atoms with Crippen molar-refractivity contribution in [3.8, 4) is 0 Å². The molecule has 0 fully saturated rings. The van der Waals surface area contributed by atoms with Crippen LogP contribution in [0.5, 0.6) is 0 Å². The Morgan fingerprint density at radius 3 is 1.17 bits per heavy atom. The highest BCUT2D eigenvalue weighted by Gasteiger charge is 2.29. The summed E-state index contributed by atoms with van der Waals surface area (Å²) in [5.41, 5.74) is 1.36.